The summed E-state index contributed by atoms with van der Waals surface area (Å²) in [4.78, 5) is 8.53. The molecule has 0 amide bonds. The molecule has 0 atom stereocenters. The molecule has 0 aromatic carbocycles. The van der Waals surface area contributed by atoms with Crippen molar-refractivity contribution < 1.29 is 13.2 Å². The van der Waals surface area contributed by atoms with Gasteiger partial charge in [0.2, 0.25) is 0 Å². The molecule has 1 rings (SSSR count). The highest BCUT2D eigenvalue weighted by molar-refractivity contribution is 9.10. The molecule has 0 saturated heterocycles. The highest BCUT2D eigenvalue weighted by Crippen LogP contribution is 2.22. The van der Waals surface area contributed by atoms with E-state index in [1.54, 1.807) is 6.07 Å². The lowest BCUT2D eigenvalue weighted by Gasteiger charge is -2.10. The molecule has 1 N–H and O–H groups in total. The first-order chi connectivity index (χ1) is 8.78. The number of anilines is 1. The van der Waals surface area contributed by atoms with Gasteiger partial charge in [-0.25, -0.2) is 9.97 Å². The molecule has 3 nitrogen and oxygen atoms in total. The molecule has 108 valence electrons. The third kappa shape index (κ3) is 6.75. The minimum absolute atomic E-state index is 0.125. The Kier molecular flexibility index (Phi) is 6.03. The minimum atomic E-state index is -4.07. The maximum absolute atomic E-state index is 12.0. The van der Waals surface area contributed by atoms with E-state index in [1.165, 1.54) is 0 Å². The fourth-order valence-corrected chi connectivity index (χ4v) is 1.85. The van der Waals surface area contributed by atoms with Gasteiger partial charge in [0.05, 0.1) is 0 Å². The zero-order valence-electron chi connectivity index (χ0n) is 10.9. The molecule has 0 bridgehead atoms. The number of hydrogen-bond acceptors (Lipinski definition) is 3. The van der Waals surface area contributed by atoms with Gasteiger partial charge in [0.25, 0.3) is 0 Å². The largest absolute Gasteiger partial charge is 0.389 e. The number of rotatable bonds is 6. The summed E-state index contributed by atoms with van der Waals surface area (Å²) >= 11 is 3.29. The van der Waals surface area contributed by atoms with Crippen molar-refractivity contribution in [3.8, 4) is 0 Å². The number of alkyl halides is 3. The normalized spacial score (nSPS) is 11.9. The number of nitrogens with zero attached hydrogens (tertiary/aromatic N) is 2. The van der Waals surface area contributed by atoms with E-state index < -0.39 is 12.6 Å². The fraction of sp³-hybridized carbons (Fsp3) is 0.667. The van der Waals surface area contributed by atoms with Crippen molar-refractivity contribution in [1.82, 2.24) is 9.97 Å². The molecule has 0 fully saturated rings. The lowest BCUT2D eigenvalue weighted by molar-refractivity contribution is -0.135. The minimum Gasteiger partial charge on any atom is -0.370 e. The van der Waals surface area contributed by atoms with Gasteiger partial charge >= 0.3 is 6.18 Å². The van der Waals surface area contributed by atoms with E-state index >= 15 is 0 Å². The van der Waals surface area contributed by atoms with Crippen molar-refractivity contribution in [3.63, 3.8) is 0 Å². The number of nitrogens with one attached hydrogen (secondary N) is 1. The molecular weight excluding hydrogens is 323 g/mol. The first kappa shape index (κ1) is 16.2. The van der Waals surface area contributed by atoms with E-state index in [0.717, 1.165) is 0 Å². The molecule has 0 aliphatic heterocycles. The molecule has 0 aliphatic carbocycles. The Hall–Kier alpha value is -0.850. The predicted molar refractivity (Wildman–Crippen MR) is 72.2 cm³/mol. The van der Waals surface area contributed by atoms with Crippen LogP contribution in [0.25, 0.3) is 0 Å². The maximum atomic E-state index is 12.0. The first-order valence-electron chi connectivity index (χ1n) is 6.13. The predicted octanol–water partition coefficient (Wildman–Crippen LogP) is 4.51. The van der Waals surface area contributed by atoms with Gasteiger partial charge in [-0.15, -0.1) is 0 Å². The smallest absolute Gasteiger partial charge is 0.370 e. The zero-order valence-corrected chi connectivity index (χ0v) is 12.5. The lowest BCUT2D eigenvalue weighted by atomic mass is 10.2. The summed E-state index contributed by atoms with van der Waals surface area (Å²) < 4.78 is 36.5. The van der Waals surface area contributed by atoms with E-state index in [1.807, 2.05) is 13.8 Å². The standard InChI is InChI=1S/C12H17BrF3N3/c1-8(2)11-18-9(13)7-10(19-11)17-6-4-3-5-12(14,15)16/h7-8H,3-6H2,1-2H3,(H,17,18,19). The van der Waals surface area contributed by atoms with Gasteiger partial charge in [0.15, 0.2) is 0 Å². The van der Waals surface area contributed by atoms with Gasteiger partial charge in [-0.1, -0.05) is 13.8 Å². The van der Waals surface area contributed by atoms with Gasteiger partial charge in [-0.2, -0.15) is 13.2 Å². The average molecular weight is 340 g/mol. The Bertz CT molecular complexity index is 408. The molecule has 0 spiro atoms. The van der Waals surface area contributed by atoms with Crippen LogP contribution < -0.4 is 5.32 Å². The molecule has 0 unspecified atom stereocenters. The number of unbranched alkanes of at least 4 members (excludes halogenated alkanes) is 1. The number of aromatic nitrogens is 2. The van der Waals surface area contributed by atoms with E-state index in [4.69, 9.17) is 0 Å². The van der Waals surface area contributed by atoms with Crippen LogP contribution in [-0.2, 0) is 0 Å². The van der Waals surface area contributed by atoms with Crippen LogP contribution in [0.3, 0.4) is 0 Å². The average Bonchev–Trinajstić information content (AvgIpc) is 2.26. The van der Waals surface area contributed by atoms with Crippen molar-refractivity contribution in [2.75, 3.05) is 11.9 Å². The molecule has 0 radical (unpaired) electrons. The van der Waals surface area contributed by atoms with Crippen LogP contribution in [0.4, 0.5) is 19.0 Å². The van der Waals surface area contributed by atoms with Gasteiger partial charge in [0.1, 0.15) is 16.2 Å². The topological polar surface area (TPSA) is 37.8 Å². The maximum Gasteiger partial charge on any atom is 0.389 e. The summed E-state index contributed by atoms with van der Waals surface area (Å²) in [6.45, 7) is 4.43. The van der Waals surface area contributed by atoms with Crippen molar-refractivity contribution in [2.24, 2.45) is 0 Å². The van der Waals surface area contributed by atoms with E-state index in [-0.39, 0.29) is 12.3 Å². The van der Waals surface area contributed by atoms with Crippen molar-refractivity contribution in [1.29, 1.82) is 0 Å². The van der Waals surface area contributed by atoms with Gasteiger partial charge in [-0.05, 0) is 28.8 Å². The lowest BCUT2D eigenvalue weighted by Crippen LogP contribution is -2.10. The van der Waals surface area contributed by atoms with Crippen LogP contribution in [0.15, 0.2) is 10.7 Å². The Balaban J connectivity index is 2.41. The molecular formula is C12H17BrF3N3. The van der Waals surface area contributed by atoms with Gasteiger partial charge in [0, 0.05) is 24.9 Å². The molecule has 1 aromatic rings. The summed E-state index contributed by atoms with van der Waals surface area (Å²) in [5.41, 5.74) is 0. The Morgan fingerprint density at radius 2 is 1.95 bits per heavy atom. The number of hydrogen-bond donors (Lipinski definition) is 1. The van der Waals surface area contributed by atoms with Gasteiger partial charge < -0.3 is 5.32 Å². The fourth-order valence-electron chi connectivity index (χ4n) is 1.45. The molecule has 19 heavy (non-hydrogen) atoms. The van der Waals surface area contributed by atoms with Crippen molar-refractivity contribution >= 4 is 21.7 Å². The summed E-state index contributed by atoms with van der Waals surface area (Å²) in [6, 6.07) is 1.72. The van der Waals surface area contributed by atoms with Crippen LogP contribution >= 0.6 is 15.9 Å². The summed E-state index contributed by atoms with van der Waals surface area (Å²) in [6.07, 6.45) is -4.22. The molecule has 0 aliphatic rings. The van der Waals surface area contributed by atoms with Crippen LogP contribution in [0.5, 0.6) is 0 Å². The zero-order chi connectivity index (χ0) is 14.5. The van der Waals surface area contributed by atoms with Crippen molar-refractivity contribution in [3.05, 3.63) is 16.5 Å². The first-order valence-corrected chi connectivity index (χ1v) is 6.92. The highest BCUT2D eigenvalue weighted by atomic mass is 79.9. The van der Waals surface area contributed by atoms with Gasteiger partial charge in [-0.3, -0.25) is 0 Å². The van der Waals surface area contributed by atoms with Crippen LogP contribution in [0.2, 0.25) is 0 Å². The summed E-state index contributed by atoms with van der Waals surface area (Å²) in [5, 5.41) is 3.02. The Morgan fingerprint density at radius 3 is 2.53 bits per heavy atom. The van der Waals surface area contributed by atoms with Crippen molar-refractivity contribution in [2.45, 2.75) is 45.2 Å². The van der Waals surface area contributed by atoms with Crippen LogP contribution in [-0.4, -0.2) is 22.7 Å². The van der Waals surface area contributed by atoms with Crippen LogP contribution in [0.1, 0.15) is 44.9 Å². The van der Waals surface area contributed by atoms with E-state index in [9.17, 15) is 13.2 Å². The SMILES string of the molecule is CC(C)c1nc(Br)cc(NCCCCC(F)(F)F)n1. The quantitative estimate of drug-likeness (QED) is 0.612. The molecule has 7 heteroatoms. The molecule has 1 aromatic heterocycles. The third-order valence-corrected chi connectivity index (χ3v) is 2.83. The second-order valence-corrected chi connectivity index (χ2v) is 5.40. The van der Waals surface area contributed by atoms with E-state index in [2.05, 4.69) is 31.2 Å². The third-order valence-electron chi connectivity index (χ3n) is 2.42. The monoisotopic (exact) mass is 339 g/mol. The second kappa shape index (κ2) is 7.07. The Morgan fingerprint density at radius 1 is 1.26 bits per heavy atom. The second-order valence-electron chi connectivity index (χ2n) is 4.59. The van der Waals surface area contributed by atoms with E-state index in [0.29, 0.717) is 29.2 Å². The molecule has 1 heterocycles. The number of halogens is 4. The summed E-state index contributed by atoms with van der Waals surface area (Å²) in [5.74, 6) is 1.54. The summed E-state index contributed by atoms with van der Waals surface area (Å²) in [7, 11) is 0. The Labute approximate surface area is 119 Å². The molecule has 0 saturated carbocycles. The van der Waals surface area contributed by atoms with Crippen LogP contribution in [0, 0.1) is 0 Å². The highest BCUT2D eigenvalue weighted by Gasteiger charge is 2.25.